The zero-order valence-electron chi connectivity index (χ0n) is 13.2. The fourth-order valence-electron chi connectivity index (χ4n) is 2.36. The first-order valence-electron chi connectivity index (χ1n) is 7.57. The van der Waals surface area contributed by atoms with Crippen LogP contribution >= 0.6 is 0 Å². The number of rotatable bonds is 6. The lowest BCUT2D eigenvalue weighted by Gasteiger charge is -2.09. The van der Waals surface area contributed by atoms with Crippen LogP contribution in [0.5, 0.6) is 0 Å². The molecule has 1 amide bonds. The minimum atomic E-state index is -0.0838. The van der Waals surface area contributed by atoms with E-state index in [4.69, 9.17) is 0 Å². The van der Waals surface area contributed by atoms with E-state index in [-0.39, 0.29) is 5.91 Å². The Bertz CT molecular complexity index is 873. The Labute approximate surface area is 138 Å². The summed E-state index contributed by atoms with van der Waals surface area (Å²) >= 11 is 0. The molecule has 2 aromatic heterocycles. The highest BCUT2D eigenvalue weighted by Gasteiger charge is 2.12. The lowest BCUT2D eigenvalue weighted by atomic mass is 10.2. The number of anilines is 1. The molecule has 0 fully saturated rings. The smallest absolute Gasteiger partial charge is 0.216 e. The lowest BCUT2D eigenvalue weighted by Crippen LogP contribution is -2.26. The number of aromatic nitrogens is 3. The Morgan fingerprint density at radius 1 is 1.21 bits per heavy atom. The Kier molecular flexibility index (Phi) is 4.51. The summed E-state index contributed by atoms with van der Waals surface area (Å²) in [7, 11) is 0. The monoisotopic (exact) mass is 323 g/mol. The molecule has 0 aliphatic rings. The van der Waals surface area contributed by atoms with Crippen LogP contribution in [0.15, 0.2) is 36.4 Å². The summed E-state index contributed by atoms with van der Waals surface area (Å²) < 4.78 is 0. The largest absolute Gasteiger partial charge is 0.368 e. The summed E-state index contributed by atoms with van der Waals surface area (Å²) in [5.74, 6) is 1.09. The molecule has 0 atom stereocenters. The molecule has 0 aliphatic carbocycles. The highest BCUT2D eigenvalue weighted by molar-refractivity contribution is 5.93. The number of hydrogen-bond acceptors (Lipinski definition) is 5. The van der Waals surface area contributed by atoms with Crippen LogP contribution in [0.2, 0.25) is 0 Å². The zero-order chi connectivity index (χ0) is 16.9. The van der Waals surface area contributed by atoms with Crippen molar-refractivity contribution < 1.29 is 9.59 Å². The fraction of sp³-hybridized carbons (Fsp3) is 0.176. The molecule has 0 aliphatic heterocycles. The third kappa shape index (κ3) is 3.40. The van der Waals surface area contributed by atoms with Gasteiger partial charge in [-0.1, -0.05) is 30.3 Å². The molecule has 2 heterocycles. The van der Waals surface area contributed by atoms with Crippen LogP contribution in [-0.2, 0) is 4.79 Å². The molecule has 0 saturated carbocycles. The van der Waals surface area contributed by atoms with Crippen molar-refractivity contribution in [2.45, 2.75) is 6.92 Å². The molecule has 7 heteroatoms. The molecule has 1 aromatic carbocycles. The summed E-state index contributed by atoms with van der Waals surface area (Å²) in [4.78, 5) is 34.0. The van der Waals surface area contributed by atoms with Crippen LogP contribution in [0, 0.1) is 0 Å². The Morgan fingerprint density at radius 2 is 2.00 bits per heavy atom. The predicted molar refractivity (Wildman–Crippen MR) is 91.9 cm³/mol. The fourth-order valence-corrected chi connectivity index (χ4v) is 2.36. The molecular formula is C17H17N5O2. The van der Waals surface area contributed by atoms with Gasteiger partial charge in [-0.05, 0) is 6.07 Å². The van der Waals surface area contributed by atoms with E-state index in [1.165, 1.54) is 6.92 Å². The SMILES string of the molecule is CC(=O)NCCNc1nc(-c2ccccc2)nc2[nH]c(C=O)cc12. The number of aromatic amines is 1. The predicted octanol–water partition coefficient (Wildman–Crippen LogP) is 1.99. The van der Waals surface area contributed by atoms with Gasteiger partial charge in [0.05, 0.1) is 11.1 Å². The van der Waals surface area contributed by atoms with Gasteiger partial charge < -0.3 is 15.6 Å². The van der Waals surface area contributed by atoms with Crippen LogP contribution in [0.1, 0.15) is 17.4 Å². The molecule has 0 bridgehead atoms. The van der Waals surface area contributed by atoms with E-state index in [2.05, 4.69) is 25.6 Å². The van der Waals surface area contributed by atoms with Gasteiger partial charge in [0.15, 0.2) is 12.1 Å². The number of carbonyl (C=O) groups is 2. The summed E-state index contributed by atoms with van der Waals surface area (Å²) in [6.07, 6.45) is 0.741. The van der Waals surface area contributed by atoms with Gasteiger partial charge in [0.1, 0.15) is 11.5 Å². The van der Waals surface area contributed by atoms with Crippen LogP contribution in [0.3, 0.4) is 0 Å². The number of H-pyrrole nitrogens is 1. The standard InChI is InChI=1S/C17H17N5O2/c1-11(24)18-7-8-19-16-14-9-13(10-23)20-17(14)22-15(21-16)12-5-3-2-4-6-12/h2-6,9-10H,7-8H2,1H3,(H,18,24)(H2,19,20,21,22). The van der Waals surface area contributed by atoms with Gasteiger partial charge >= 0.3 is 0 Å². The van der Waals surface area contributed by atoms with Crippen molar-refractivity contribution in [2.24, 2.45) is 0 Å². The van der Waals surface area contributed by atoms with Gasteiger partial charge in [-0.3, -0.25) is 9.59 Å². The van der Waals surface area contributed by atoms with Gasteiger partial charge in [0.25, 0.3) is 0 Å². The minimum absolute atomic E-state index is 0.0838. The lowest BCUT2D eigenvalue weighted by molar-refractivity contribution is -0.118. The first-order chi connectivity index (χ1) is 11.7. The molecule has 24 heavy (non-hydrogen) atoms. The number of carbonyl (C=O) groups excluding carboxylic acids is 2. The summed E-state index contributed by atoms with van der Waals surface area (Å²) in [6, 6.07) is 11.3. The minimum Gasteiger partial charge on any atom is -0.368 e. The van der Waals surface area contributed by atoms with Crippen LogP contribution in [-0.4, -0.2) is 40.2 Å². The van der Waals surface area contributed by atoms with Crippen molar-refractivity contribution >= 4 is 29.0 Å². The molecule has 3 aromatic rings. The van der Waals surface area contributed by atoms with Crippen molar-refractivity contribution in [1.82, 2.24) is 20.3 Å². The quantitative estimate of drug-likeness (QED) is 0.476. The highest BCUT2D eigenvalue weighted by Crippen LogP contribution is 2.25. The van der Waals surface area contributed by atoms with Crippen LogP contribution < -0.4 is 10.6 Å². The van der Waals surface area contributed by atoms with E-state index in [9.17, 15) is 9.59 Å². The molecule has 0 radical (unpaired) electrons. The average Bonchev–Trinajstić information content (AvgIpc) is 3.02. The molecule has 0 spiro atoms. The molecule has 3 rings (SSSR count). The van der Waals surface area contributed by atoms with E-state index in [1.807, 2.05) is 30.3 Å². The van der Waals surface area contributed by atoms with E-state index < -0.39 is 0 Å². The number of amides is 1. The van der Waals surface area contributed by atoms with Crippen molar-refractivity contribution in [1.29, 1.82) is 0 Å². The zero-order valence-corrected chi connectivity index (χ0v) is 13.2. The third-order valence-corrected chi connectivity index (χ3v) is 3.46. The Morgan fingerprint density at radius 3 is 2.71 bits per heavy atom. The molecule has 7 nitrogen and oxygen atoms in total. The van der Waals surface area contributed by atoms with E-state index >= 15 is 0 Å². The van der Waals surface area contributed by atoms with Crippen molar-refractivity contribution in [3.63, 3.8) is 0 Å². The second-order valence-corrected chi connectivity index (χ2v) is 5.28. The number of nitrogens with one attached hydrogen (secondary N) is 3. The van der Waals surface area contributed by atoms with E-state index in [0.717, 1.165) is 17.2 Å². The first kappa shape index (κ1) is 15.7. The molecule has 122 valence electrons. The van der Waals surface area contributed by atoms with Crippen LogP contribution in [0.4, 0.5) is 5.82 Å². The van der Waals surface area contributed by atoms with E-state index in [1.54, 1.807) is 6.07 Å². The maximum atomic E-state index is 11.0. The van der Waals surface area contributed by atoms with Crippen molar-refractivity contribution in [2.75, 3.05) is 18.4 Å². The van der Waals surface area contributed by atoms with Crippen molar-refractivity contribution in [3.8, 4) is 11.4 Å². The molecule has 0 unspecified atom stereocenters. The number of fused-ring (bicyclic) bond motifs is 1. The summed E-state index contributed by atoms with van der Waals surface area (Å²) in [6.45, 7) is 2.47. The molecule has 3 N–H and O–H groups in total. The first-order valence-corrected chi connectivity index (χ1v) is 7.57. The second-order valence-electron chi connectivity index (χ2n) is 5.28. The van der Waals surface area contributed by atoms with Gasteiger partial charge in [0.2, 0.25) is 5.91 Å². The van der Waals surface area contributed by atoms with Crippen molar-refractivity contribution in [3.05, 3.63) is 42.1 Å². The average molecular weight is 323 g/mol. The normalized spacial score (nSPS) is 10.5. The Hall–Kier alpha value is -3.22. The maximum absolute atomic E-state index is 11.0. The number of hydrogen-bond donors (Lipinski definition) is 3. The number of aldehydes is 1. The molecular weight excluding hydrogens is 306 g/mol. The van der Waals surface area contributed by atoms with Gasteiger partial charge in [-0.2, -0.15) is 0 Å². The van der Waals surface area contributed by atoms with Crippen LogP contribution in [0.25, 0.3) is 22.4 Å². The second kappa shape index (κ2) is 6.91. The highest BCUT2D eigenvalue weighted by atomic mass is 16.1. The number of benzene rings is 1. The van der Waals surface area contributed by atoms with E-state index in [0.29, 0.717) is 36.1 Å². The van der Waals surface area contributed by atoms with Gasteiger partial charge in [-0.15, -0.1) is 0 Å². The van der Waals surface area contributed by atoms with Gasteiger partial charge in [-0.25, -0.2) is 9.97 Å². The summed E-state index contributed by atoms with van der Waals surface area (Å²) in [5, 5.41) is 6.64. The number of nitrogens with zero attached hydrogens (tertiary/aromatic N) is 2. The molecule has 0 saturated heterocycles. The maximum Gasteiger partial charge on any atom is 0.216 e. The Balaban J connectivity index is 1.96. The van der Waals surface area contributed by atoms with Gasteiger partial charge in [0, 0.05) is 25.6 Å². The topological polar surface area (TPSA) is 99.8 Å². The summed E-state index contributed by atoms with van der Waals surface area (Å²) in [5.41, 5.74) is 1.91. The third-order valence-electron chi connectivity index (χ3n) is 3.46.